The molecule has 7 heteroatoms. The van der Waals surface area contributed by atoms with Gasteiger partial charge < -0.3 is 16.0 Å². The summed E-state index contributed by atoms with van der Waals surface area (Å²) in [6.45, 7) is 3.92. The largest absolute Gasteiger partial charge is 0.357 e. The fourth-order valence-electron chi connectivity index (χ4n) is 4.03. The first-order chi connectivity index (χ1) is 14.1. The third kappa shape index (κ3) is 4.94. The summed E-state index contributed by atoms with van der Waals surface area (Å²) in [4.78, 5) is 16.8. The number of benzene rings is 2. The van der Waals surface area contributed by atoms with Gasteiger partial charge in [-0.05, 0) is 43.0 Å². The van der Waals surface area contributed by atoms with Crippen molar-refractivity contribution in [3.63, 3.8) is 0 Å². The second-order valence-corrected chi connectivity index (χ2v) is 7.87. The number of nitrogens with zero attached hydrogens (tertiary/aromatic N) is 1. The summed E-state index contributed by atoms with van der Waals surface area (Å²) < 4.78 is 14.2. The minimum atomic E-state index is -0.189. The van der Waals surface area contributed by atoms with E-state index in [9.17, 15) is 9.18 Å². The number of hydrogen-bond acceptors (Lipinski definition) is 2. The van der Waals surface area contributed by atoms with Gasteiger partial charge in [-0.1, -0.05) is 36.4 Å². The van der Waals surface area contributed by atoms with Crippen LogP contribution in [-0.2, 0) is 10.2 Å². The number of amides is 1. The summed E-state index contributed by atoms with van der Waals surface area (Å²) in [5.41, 5.74) is 2.59. The molecule has 30 heavy (non-hydrogen) atoms. The van der Waals surface area contributed by atoms with Gasteiger partial charge in [0.05, 0.1) is 6.54 Å². The number of para-hydroxylation sites is 1. The predicted octanol–water partition coefficient (Wildman–Crippen LogP) is 4.16. The van der Waals surface area contributed by atoms with Crippen LogP contribution < -0.4 is 16.0 Å². The van der Waals surface area contributed by atoms with Crippen molar-refractivity contribution in [3.8, 4) is 0 Å². The van der Waals surface area contributed by atoms with Crippen LogP contribution in [0.4, 0.5) is 10.1 Å². The van der Waals surface area contributed by atoms with Crippen LogP contribution in [-0.4, -0.2) is 31.5 Å². The standard InChI is InChI=1S/C23H27FN4O.HI/c1-2-25-22(27-15-23(11-12-23)18-8-4-5-9-19(18)24)26-14-16-13-21(29)28-20-10-6-3-7-17(16)20;/h3-10,16H,2,11-15H2,1H3,(H,28,29)(H2,25,26,27);1H. The van der Waals surface area contributed by atoms with Crippen molar-refractivity contribution in [2.75, 3.05) is 25.0 Å². The number of rotatable bonds is 6. The number of guanidine groups is 1. The summed E-state index contributed by atoms with van der Waals surface area (Å²) in [6.07, 6.45) is 2.35. The van der Waals surface area contributed by atoms with Crippen molar-refractivity contribution in [1.29, 1.82) is 0 Å². The highest BCUT2D eigenvalue weighted by molar-refractivity contribution is 14.0. The number of aliphatic imine (C=N–C) groups is 1. The lowest BCUT2D eigenvalue weighted by Crippen LogP contribution is -2.41. The number of fused-ring (bicyclic) bond motifs is 1. The molecule has 3 N–H and O–H groups in total. The zero-order valence-electron chi connectivity index (χ0n) is 17.1. The van der Waals surface area contributed by atoms with Gasteiger partial charge in [0.1, 0.15) is 5.82 Å². The van der Waals surface area contributed by atoms with E-state index in [2.05, 4.69) is 22.0 Å². The SMILES string of the molecule is CCNC(=NCC1(c2ccccc2F)CC1)NCC1CC(=O)Nc2ccccc21.I. The maximum Gasteiger partial charge on any atom is 0.225 e. The molecule has 1 amide bonds. The van der Waals surface area contributed by atoms with Gasteiger partial charge in [0.2, 0.25) is 5.91 Å². The van der Waals surface area contributed by atoms with Crippen molar-refractivity contribution >= 4 is 41.5 Å². The van der Waals surface area contributed by atoms with Crippen LogP contribution >= 0.6 is 24.0 Å². The number of anilines is 1. The van der Waals surface area contributed by atoms with E-state index in [-0.39, 0.29) is 47.0 Å². The molecule has 1 atom stereocenters. The number of hydrogen-bond donors (Lipinski definition) is 3. The molecule has 0 aromatic heterocycles. The van der Waals surface area contributed by atoms with Gasteiger partial charge in [0, 0.05) is 36.5 Å². The molecule has 2 aromatic carbocycles. The van der Waals surface area contributed by atoms with Crippen molar-refractivity contribution in [2.45, 2.75) is 37.5 Å². The normalized spacial score (nSPS) is 19.2. The highest BCUT2D eigenvalue weighted by Crippen LogP contribution is 2.49. The molecule has 1 fully saturated rings. The Morgan fingerprint density at radius 3 is 2.63 bits per heavy atom. The number of carbonyl (C=O) groups excluding carboxylic acids is 1. The highest BCUT2D eigenvalue weighted by Gasteiger charge is 2.45. The van der Waals surface area contributed by atoms with E-state index in [1.807, 2.05) is 37.3 Å². The summed E-state index contributed by atoms with van der Waals surface area (Å²) in [7, 11) is 0. The first kappa shape index (κ1) is 22.5. The van der Waals surface area contributed by atoms with Gasteiger partial charge in [-0.15, -0.1) is 24.0 Å². The van der Waals surface area contributed by atoms with E-state index in [4.69, 9.17) is 4.99 Å². The van der Waals surface area contributed by atoms with Crippen LogP contribution in [0.3, 0.4) is 0 Å². The molecule has 160 valence electrons. The third-order valence-corrected chi connectivity index (χ3v) is 5.81. The molecule has 1 heterocycles. The highest BCUT2D eigenvalue weighted by atomic mass is 127. The number of nitrogens with one attached hydrogen (secondary N) is 3. The van der Waals surface area contributed by atoms with E-state index < -0.39 is 0 Å². The van der Waals surface area contributed by atoms with Gasteiger partial charge in [0.25, 0.3) is 0 Å². The van der Waals surface area contributed by atoms with Crippen molar-refractivity contribution in [3.05, 3.63) is 65.5 Å². The maximum absolute atomic E-state index is 14.2. The van der Waals surface area contributed by atoms with Crippen molar-refractivity contribution in [2.24, 2.45) is 4.99 Å². The lowest BCUT2D eigenvalue weighted by Gasteiger charge is -2.26. The number of halogens is 2. The monoisotopic (exact) mass is 522 g/mol. The van der Waals surface area contributed by atoms with Gasteiger partial charge in [-0.25, -0.2) is 4.39 Å². The van der Waals surface area contributed by atoms with Crippen LogP contribution in [0.25, 0.3) is 0 Å². The molecule has 2 aromatic rings. The Hall–Kier alpha value is -2.16. The Kier molecular flexibility index (Phi) is 7.33. The molecule has 0 radical (unpaired) electrons. The second-order valence-electron chi connectivity index (χ2n) is 7.87. The smallest absolute Gasteiger partial charge is 0.225 e. The fraction of sp³-hybridized carbons (Fsp3) is 0.391. The molecule has 1 saturated carbocycles. The molecule has 4 rings (SSSR count). The average Bonchev–Trinajstić information content (AvgIpc) is 3.51. The lowest BCUT2D eigenvalue weighted by atomic mass is 9.90. The maximum atomic E-state index is 14.2. The summed E-state index contributed by atoms with van der Waals surface area (Å²) >= 11 is 0. The van der Waals surface area contributed by atoms with Crippen molar-refractivity contribution < 1.29 is 9.18 Å². The topological polar surface area (TPSA) is 65.5 Å². The zero-order chi connectivity index (χ0) is 20.3. The third-order valence-electron chi connectivity index (χ3n) is 5.81. The second kappa shape index (κ2) is 9.76. The van der Waals surface area contributed by atoms with Crippen LogP contribution in [0, 0.1) is 5.82 Å². The van der Waals surface area contributed by atoms with E-state index in [1.54, 1.807) is 6.07 Å². The fourth-order valence-corrected chi connectivity index (χ4v) is 4.03. The molecule has 1 unspecified atom stereocenters. The van der Waals surface area contributed by atoms with E-state index in [0.717, 1.165) is 36.2 Å². The van der Waals surface area contributed by atoms with E-state index in [1.165, 1.54) is 6.07 Å². The van der Waals surface area contributed by atoms with Crippen LogP contribution in [0.2, 0.25) is 0 Å². The minimum absolute atomic E-state index is 0. The van der Waals surface area contributed by atoms with Crippen LogP contribution in [0.5, 0.6) is 0 Å². The molecule has 0 spiro atoms. The summed E-state index contributed by atoms with van der Waals surface area (Å²) in [5, 5.41) is 9.58. The predicted molar refractivity (Wildman–Crippen MR) is 129 cm³/mol. The first-order valence-corrected chi connectivity index (χ1v) is 10.3. The van der Waals surface area contributed by atoms with Gasteiger partial charge in [-0.2, -0.15) is 0 Å². The summed E-state index contributed by atoms with van der Waals surface area (Å²) in [5.74, 6) is 0.681. The van der Waals surface area contributed by atoms with Crippen LogP contribution in [0.1, 0.15) is 43.2 Å². The van der Waals surface area contributed by atoms with Crippen molar-refractivity contribution in [1.82, 2.24) is 10.6 Å². The first-order valence-electron chi connectivity index (χ1n) is 10.3. The molecule has 2 aliphatic rings. The van der Waals surface area contributed by atoms with E-state index >= 15 is 0 Å². The molecule has 0 saturated heterocycles. The Bertz CT molecular complexity index is 929. The molecule has 1 aliphatic carbocycles. The molecular formula is C23H28FIN4O. The Morgan fingerprint density at radius 2 is 1.90 bits per heavy atom. The minimum Gasteiger partial charge on any atom is -0.357 e. The van der Waals surface area contributed by atoms with Gasteiger partial charge in [-0.3, -0.25) is 9.79 Å². The summed E-state index contributed by atoms with van der Waals surface area (Å²) in [6, 6.07) is 14.9. The van der Waals surface area contributed by atoms with Gasteiger partial charge >= 0.3 is 0 Å². The molecular weight excluding hydrogens is 494 g/mol. The zero-order valence-corrected chi connectivity index (χ0v) is 19.4. The Balaban J connectivity index is 0.00000256. The quantitative estimate of drug-likeness (QED) is 0.304. The number of carbonyl (C=O) groups is 1. The molecule has 1 aliphatic heterocycles. The Morgan fingerprint density at radius 1 is 1.17 bits per heavy atom. The average molecular weight is 522 g/mol. The lowest BCUT2D eigenvalue weighted by molar-refractivity contribution is -0.116. The molecule has 0 bridgehead atoms. The molecule has 5 nitrogen and oxygen atoms in total. The van der Waals surface area contributed by atoms with Crippen LogP contribution in [0.15, 0.2) is 53.5 Å². The Labute approximate surface area is 194 Å². The van der Waals surface area contributed by atoms with Gasteiger partial charge in [0.15, 0.2) is 5.96 Å². The van der Waals surface area contributed by atoms with E-state index in [0.29, 0.717) is 25.5 Å².